The van der Waals surface area contributed by atoms with Gasteiger partial charge in [0.2, 0.25) is 5.91 Å². The highest BCUT2D eigenvalue weighted by Gasteiger charge is 2.30. The molecule has 0 aliphatic heterocycles. The van der Waals surface area contributed by atoms with Crippen molar-refractivity contribution in [2.75, 3.05) is 0 Å². The molecule has 0 saturated carbocycles. The molecule has 3 aromatic rings. The monoisotopic (exact) mass is 389 g/mol. The fourth-order valence-electron chi connectivity index (χ4n) is 2.96. The minimum absolute atomic E-state index is 0.279. The number of para-hydroxylation sites is 1. The van der Waals surface area contributed by atoms with Crippen LogP contribution in [0, 0.1) is 6.92 Å². The van der Waals surface area contributed by atoms with E-state index in [2.05, 4.69) is 10.3 Å². The van der Waals surface area contributed by atoms with Crippen molar-refractivity contribution in [2.24, 2.45) is 0 Å². The number of hydrogen-bond donors (Lipinski definition) is 1. The summed E-state index contributed by atoms with van der Waals surface area (Å²) in [5.41, 5.74) is 0.612. The number of carbonyl (C=O) groups excluding carboxylic acids is 1. The summed E-state index contributed by atoms with van der Waals surface area (Å²) >= 11 is 0. The summed E-state index contributed by atoms with van der Waals surface area (Å²) in [7, 11) is 0. The third-order valence-electron chi connectivity index (χ3n) is 4.46. The number of nitrogens with zero attached hydrogens (tertiary/aromatic N) is 2. The van der Waals surface area contributed by atoms with Crippen LogP contribution in [-0.4, -0.2) is 15.5 Å². The van der Waals surface area contributed by atoms with Gasteiger partial charge in [-0.05, 0) is 43.2 Å². The quantitative estimate of drug-likeness (QED) is 0.742. The zero-order valence-electron chi connectivity index (χ0n) is 15.2. The first-order valence-electron chi connectivity index (χ1n) is 8.58. The van der Waals surface area contributed by atoms with Crippen LogP contribution in [0.4, 0.5) is 13.2 Å². The van der Waals surface area contributed by atoms with Gasteiger partial charge in [0.15, 0.2) is 0 Å². The Balaban J connectivity index is 1.77. The Labute approximate surface area is 158 Å². The van der Waals surface area contributed by atoms with Gasteiger partial charge in [-0.3, -0.25) is 14.2 Å². The first-order chi connectivity index (χ1) is 13.2. The van der Waals surface area contributed by atoms with Gasteiger partial charge in [0, 0.05) is 0 Å². The Bertz CT molecular complexity index is 1090. The number of aryl methyl sites for hydroxylation is 1. The molecule has 0 aliphatic rings. The lowest BCUT2D eigenvalue weighted by Gasteiger charge is -2.16. The first-order valence-corrected chi connectivity index (χ1v) is 8.58. The number of benzene rings is 2. The normalized spacial score (nSPS) is 12.8. The second kappa shape index (κ2) is 7.46. The maximum atomic E-state index is 12.8. The number of fused-ring (bicyclic) bond motifs is 1. The van der Waals surface area contributed by atoms with E-state index < -0.39 is 23.7 Å². The third-order valence-corrected chi connectivity index (χ3v) is 4.46. The molecule has 0 spiro atoms. The Kier molecular flexibility index (Phi) is 5.22. The molecule has 3 rings (SSSR count). The molecule has 2 aromatic carbocycles. The van der Waals surface area contributed by atoms with E-state index >= 15 is 0 Å². The maximum absolute atomic E-state index is 12.8. The van der Waals surface area contributed by atoms with Crippen LogP contribution >= 0.6 is 0 Å². The molecule has 5 nitrogen and oxygen atoms in total. The molecule has 0 fully saturated rings. The van der Waals surface area contributed by atoms with Gasteiger partial charge in [-0.2, -0.15) is 13.2 Å². The van der Waals surface area contributed by atoms with Crippen LogP contribution in [0.3, 0.4) is 0 Å². The third kappa shape index (κ3) is 4.05. The van der Waals surface area contributed by atoms with E-state index in [1.807, 2.05) is 13.0 Å². The molecule has 0 radical (unpaired) electrons. The van der Waals surface area contributed by atoms with Crippen LogP contribution < -0.4 is 10.9 Å². The molecule has 28 heavy (non-hydrogen) atoms. The van der Waals surface area contributed by atoms with Gasteiger partial charge in [-0.1, -0.05) is 24.3 Å². The molecule has 1 aromatic heterocycles. The number of nitrogens with one attached hydrogen (secondary N) is 1. The molecule has 1 amide bonds. The lowest BCUT2D eigenvalue weighted by molar-refractivity contribution is -0.137. The topological polar surface area (TPSA) is 64.0 Å². The van der Waals surface area contributed by atoms with Crippen LogP contribution in [0.1, 0.15) is 29.7 Å². The highest BCUT2D eigenvalue weighted by molar-refractivity contribution is 5.81. The van der Waals surface area contributed by atoms with E-state index in [1.165, 1.54) is 23.0 Å². The molecular weight excluding hydrogens is 371 g/mol. The van der Waals surface area contributed by atoms with Crippen molar-refractivity contribution in [2.45, 2.75) is 32.6 Å². The summed E-state index contributed by atoms with van der Waals surface area (Å²) in [6, 6.07) is 9.33. The largest absolute Gasteiger partial charge is 0.416 e. The van der Waals surface area contributed by atoms with Crippen molar-refractivity contribution in [3.05, 3.63) is 75.8 Å². The van der Waals surface area contributed by atoms with E-state index in [0.29, 0.717) is 16.5 Å². The summed E-state index contributed by atoms with van der Waals surface area (Å²) in [4.78, 5) is 29.1. The average molecular weight is 389 g/mol. The molecule has 1 atom stereocenters. The number of amides is 1. The SMILES string of the molecule is Cc1cccc2c(=O)n(CC(=O)NC(C)c3cccc(C(F)(F)F)c3)cnc12. The Morgan fingerprint density at radius 2 is 1.93 bits per heavy atom. The Hall–Kier alpha value is -3.16. The van der Waals surface area contributed by atoms with Gasteiger partial charge >= 0.3 is 6.18 Å². The van der Waals surface area contributed by atoms with E-state index in [-0.39, 0.29) is 12.1 Å². The van der Waals surface area contributed by atoms with Gasteiger partial charge < -0.3 is 5.32 Å². The van der Waals surface area contributed by atoms with Crippen LogP contribution in [0.2, 0.25) is 0 Å². The highest BCUT2D eigenvalue weighted by atomic mass is 19.4. The van der Waals surface area contributed by atoms with Gasteiger partial charge in [-0.15, -0.1) is 0 Å². The molecule has 0 bridgehead atoms. The summed E-state index contributed by atoms with van der Waals surface area (Å²) in [6.45, 7) is 3.14. The molecule has 1 N–H and O–H groups in total. The maximum Gasteiger partial charge on any atom is 0.416 e. The standard InChI is InChI=1S/C20H18F3N3O2/c1-12-5-3-8-16-18(12)24-11-26(19(16)28)10-17(27)25-13(2)14-6-4-7-15(9-14)20(21,22)23/h3-9,11,13H,10H2,1-2H3,(H,25,27). The lowest BCUT2D eigenvalue weighted by atomic mass is 10.0. The molecule has 8 heteroatoms. The molecular formula is C20H18F3N3O2. The fourth-order valence-corrected chi connectivity index (χ4v) is 2.96. The summed E-state index contributed by atoms with van der Waals surface area (Å²) < 4.78 is 39.7. The zero-order valence-corrected chi connectivity index (χ0v) is 15.2. The van der Waals surface area contributed by atoms with Crippen molar-refractivity contribution >= 4 is 16.8 Å². The first kappa shape index (κ1) is 19.6. The van der Waals surface area contributed by atoms with Crippen molar-refractivity contribution in [1.82, 2.24) is 14.9 Å². The molecule has 1 unspecified atom stereocenters. The number of halogens is 3. The molecule has 146 valence electrons. The predicted molar refractivity (Wildman–Crippen MR) is 98.7 cm³/mol. The van der Waals surface area contributed by atoms with Gasteiger partial charge in [0.05, 0.1) is 28.8 Å². The minimum atomic E-state index is -4.46. The summed E-state index contributed by atoms with van der Waals surface area (Å²) in [5, 5.41) is 3.02. The van der Waals surface area contributed by atoms with Crippen molar-refractivity contribution in [1.29, 1.82) is 0 Å². The number of alkyl halides is 3. The van der Waals surface area contributed by atoms with E-state index in [4.69, 9.17) is 0 Å². The van der Waals surface area contributed by atoms with Crippen LogP contribution in [0.5, 0.6) is 0 Å². The van der Waals surface area contributed by atoms with Gasteiger partial charge in [0.25, 0.3) is 5.56 Å². The zero-order chi connectivity index (χ0) is 20.5. The Morgan fingerprint density at radius 1 is 1.21 bits per heavy atom. The summed E-state index contributed by atoms with van der Waals surface area (Å²) in [6.07, 6.45) is -3.16. The van der Waals surface area contributed by atoms with Crippen molar-refractivity contribution in [3.63, 3.8) is 0 Å². The number of carbonyl (C=O) groups is 1. The predicted octanol–water partition coefficient (Wildman–Crippen LogP) is 3.60. The number of hydrogen-bond acceptors (Lipinski definition) is 3. The summed E-state index contributed by atoms with van der Waals surface area (Å²) in [5.74, 6) is -0.499. The molecule has 0 aliphatic carbocycles. The lowest BCUT2D eigenvalue weighted by Crippen LogP contribution is -2.34. The molecule has 1 heterocycles. The van der Waals surface area contributed by atoms with Crippen LogP contribution in [0.25, 0.3) is 10.9 Å². The Morgan fingerprint density at radius 3 is 2.64 bits per heavy atom. The second-order valence-corrected chi connectivity index (χ2v) is 6.56. The van der Waals surface area contributed by atoms with Gasteiger partial charge in [0.1, 0.15) is 6.54 Å². The fraction of sp³-hybridized carbons (Fsp3) is 0.250. The second-order valence-electron chi connectivity index (χ2n) is 6.56. The van der Waals surface area contributed by atoms with Crippen LogP contribution in [-0.2, 0) is 17.5 Å². The van der Waals surface area contributed by atoms with Crippen molar-refractivity contribution in [3.8, 4) is 0 Å². The smallest absolute Gasteiger partial charge is 0.348 e. The minimum Gasteiger partial charge on any atom is -0.348 e. The number of aromatic nitrogens is 2. The van der Waals surface area contributed by atoms with E-state index in [9.17, 15) is 22.8 Å². The highest BCUT2D eigenvalue weighted by Crippen LogP contribution is 2.30. The average Bonchev–Trinajstić information content (AvgIpc) is 2.64. The van der Waals surface area contributed by atoms with Crippen molar-refractivity contribution < 1.29 is 18.0 Å². The van der Waals surface area contributed by atoms with E-state index in [0.717, 1.165) is 17.7 Å². The van der Waals surface area contributed by atoms with Gasteiger partial charge in [-0.25, -0.2) is 4.98 Å². The van der Waals surface area contributed by atoms with Crippen LogP contribution in [0.15, 0.2) is 53.6 Å². The van der Waals surface area contributed by atoms with E-state index in [1.54, 1.807) is 19.1 Å². The number of rotatable bonds is 4. The molecule has 0 saturated heterocycles.